The first-order valence-corrected chi connectivity index (χ1v) is 11.8. The van der Waals surface area contributed by atoms with Gasteiger partial charge in [0.2, 0.25) is 0 Å². The van der Waals surface area contributed by atoms with Gasteiger partial charge in [-0.25, -0.2) is 0 Å². The number of carbonyl (C=O) groups excluding carboxylic acids is 1. The van der Waals surface area contributed by atoms with Gasteiger partial charge in [-0.3, -0.25) is 4.79 Å². The van der Waals surface area contributed by atoms with E-state index in [0.29, 0.717) is 17.3 Å². The lowest BCUT2D eigenvalue weighted by Crippen LogP contribution is -2.70. The number of hydrogen-bond acceptors (Lipinski definition) is 4. The van der Waals surface area contributed by atoms with Crippen LogP contribution < -0.4 is 0 Å². The van der Waals surface area contributed by atoms with Crippen LogP contribution >= 0.6 is 24.0 Å². The Bertz CT molecular complexity index is 1170. The van der Waals surface area contributed by atoms with Gasteiger partial charge in [-0.15, -0.1) is 0 Å². The van der Waals surface area contributed by atoms with E-state index < -0.39 is 60.0 Å². The SMILES string of the molecule is O=C(OCCC(F)(F)C(F)(F)C(F)(F)C(F)(F)C(F)(F)C(F)(F)F)C(SC(=S)c1ccccc1)c1ccccc1. The fourth-order valence-corrected chi connectivity index (χ4v) is 4.31. The largest absolute Gasteiger partial charge is 0.464 e. The maximum Gasteiger partial charge on any atom is 0.460 e. The van der Waals surface area contributed by atoms with E-state index in [9.17, 15) is 61.9 Å². The third-order valence-corrected chi connectivity index (χ3v) is 6.88. The number of ether oxygens (including phenoxy) is 1. The molecule has 2 nitrogen and oxygen atoms in total. The zero-order chi connectivity index (χ0) is 30.8. The number of thioether (sulfide) groups is 1. The average molecular weight is 634 g/mol. The summed E-state index contributed by atoms with van der Waals surface area (Å²) in [5.74, 6) is -38.9. The Morgan fingerprint density at radius 2 is 1.15 bits per heavy atom. The fourth-order valence-electron chi connectivity index (χ4n) is 2.94. The van der Waals surface area contributed by atoms with Crippen molar-refractivity contribution < 1.29 is 66.6 Å². The van der Waals surface area contributed by atoms with Crippen molar-refractivity contribution in [1.29, 1.82) is 0 Å². The maximum absolute atomic E-state index is 14.0. The minimum Gasteiger partial charge on any atom is -0.464 e. The lowest BCUT2D eigenvalue weighted by atomic mass is 9.93. The summed E-state index contributed by atoms with van der Waals surface area (Å²) >= 11 is 5.86. The average Bonchev–Trinajstić information content (AvgIpc) is 2.86. The van der Waals surface area contributed by atoms with Gasteiger partial charge in [0.05, 0.1) is 17.2 Å². The van der Waals surface area contributed by atoms with Crippen LogP contribution in [0.2, 0.25) is 0 Å². The van der Waals surface area contributed by atoms with Crippen LogP contribution in [-0.2, 0) is 9.53 Å². The predicted octanol–water partition coefficient (Wildman–Crippen LogP) is 8.51. The minimum atomic E-state index is -8.00. The van der Waals surface area contributed by atoms with Crippen molar-refractivity contribution in [3.8, 4) is 0 Å². The number of thiocarbonyl (C=S) groups is 1. The molecule has 1 unspecified atom stereocenters. The number of halogens is 13. The van der Waals surface area contributed by atoms with Gasteiger partial charge in [0.1, 0.15) is 5.25 Å². The smallest absolute Gasteiger partial charge is 0.460 e. The molecule has 0 amide bonds. The monoisotopic (exact) mass is 634 g/mol. The molecule has 0 aliphatic rings. The number of rotatable bonds is 11. The van der Waals surface area contributed by atoms with Crippen LogP contribution in [0, 0.1) is 0 Å². The van der Waals surface area contributed by atoms with Crippen molar-refractivity contribution in [1.82, 2.24) is 0 Å². The molecule has 0 aromatic heterocycles. The van der Waals surface area contributed by atoms with Gasteiger partial charge in [-0.05, 0) is 11.1 Å². The molecule has 0 aliphatic heterocycles. The molecule has 222 valence electrons. The zero-order valence-corrected chi connectivity index (χ0v) is 20.9. The third-order valence-electron chi connectivity index (χ3n) is 5.21. The topological polar surface area (TPSA) is 26.3 Å². The number of carbonyl (C=O) groups is 1. The summed E-state index contributed by atoms with van der Waals surface area (Å²) in [6, 6.07) is 15.0. The summed E-state index contributed by atoms with van der Waals surface area (Å²) in [7, 11) is 0. The molecule has 0 spiro atoms. The molecule has 2 aromatic rings. The fraction of sp³-hybridized carbons (Fsp3) is 0.391. The van der Waals surface area contributed by atoms with Gasteiger partial charge in [-0.1, -0.05) is 84.6 Å². The van der Waals surface area contributed by atoms with E-state index in [4.69, 9.17) is 12.2 Å². The van der Waals surface area contributed by atoms with E-state index in [1.54, 1.807) is 30.3 Å². The Morgan fingerprint density at radius 3 is 1.62 bits per heavy atom. The Balaban J connectivity index is 2.23. The van der Waals surface area contributed by atoms with Crippen LogP contribution in [0.4, 0.5) is 57.1 Å². The van der Waals surface area contributed by atoms with Gasteiger partial charge in [0.15, 0.2) is 0 Å². The predicted molar refractivity (Wildman–Crippen MR) is 121 cm³/mol. The molecule has 0 N–H and O–H groups in total. The molecule has 2 aromatic carbocycles. The van der Waals surface area contributed by atoms with E-state index in [-0.39, 0.29) is 9.76 Å². The molecule has 0 bridgehead atoms. The minimum absolute atomic E-state index is 0.0794. The van der Waals surface area contributed by atoms with Crippen molar-refractivity contribution in [2.45, 2.75) is 47.5 Å². The van der Waals surface area contributed by atoms with Crippen LogP contribution in [0.15, 0.2) is 60.7 Å². The summed E-state index contributed by atoms with van der Waals surface area (Å²) in [4.78, 5) is 12.6. The van der Waals surface area contributed by atoms with E-state index in [0.717, 1.165) is 0 Å². The summed E-state index contributed by atoms with van der Waals surface area (Å²) in [5.41, 5.74) is 0.592. The Kier molecular flexibility index (Phi) is 9.87. The normalized spacial score (nSPS) is 14.5. The maximum atomic E-state index is 14.0. The molecule has 0 aliphatic carbocycles. The summed E-state index contributed by atoms with van der Waals surface area (Å²) in [6.07, 6.45) is -10.1. The molecule has 1 atom stereocenters. The summed E-state index contributed by atoms with van der Waals surface area (Å²) in [5, 5.41) is -1.43. The first-order valence-electron chi connectivity index (χ1n) is 10.5. The van der Waals surface area contributed by atoms with Crippen molar-refractivity contribution in [3.05, 3.63) is 71.8 Å². The lowest BCUT2D eigenvalue weighted by Gasteiger charge is -2.39. The Hall–Kier alpha value is -2.56. The van der Waals surface area contributed by atoms with Crippen molar-refractivity contribution in [2.24, 2.45) is 0 Å². The molecule has 0 fully saturated rings. The highest BCUT2D eigenvalue weighted by Crippen LogP contribution is 2.60. The first-order chi connectivity index (χ1) is 18.1. The number of esters is 1. The highest BCUT2D eigenvalue weighted by Gasteiger charge is 2.90. The van der Waals surface area contributed by atoms with Crippen LogP contribution in [0.25, 0.3) is 0 Å². The molecular formula is C23H15F13O2S2. The highest BCUT2D eigenvalue weighted by molar-refractivity contribution is 8.24. The molecule has 0 heterocycles. The van der Waals surface area contributed by atoms with Gasteiger partial charge in [0, 0.05) is 0 Å². The second kappa shape index (κ2) is 11.7. The third kappa shape index (κ3) is 6.34. The van der Waals surface area contributed by atoms with Crippen molar-refractivity contribution >= 4 is 34.1 Å². The lowest BCUT2D eigenvalue weighted by molar-refractivity contribution is -0.440. The molecule has 17 heteroatoms. The number of alkyl halides is 13. The molecule has 2 rings (SSSR count). The van der Waals surface area contributed by atoms with Crippen LogP contribution in [-0.4, -0.2) is 52.6 Å². The molecule has 40 heavy (non-hydrogen) atoms. The molecule has 0 saturated carbocycles. The summed E-state index contributed by atoms with van der Waals surface area (Å²) in [6.45, 7) is -1.85. The number of benzene rings is 2. The first kappa shape index (κ1) is 33.6. The van der Waals surface area contributed by atoms with Gasteiger partial charge in [0.25, 0.3) is 0 Å². The van der Waals surface area contributed by atoms with Gasteiger partial charge < -0.3 is 4.74 Å². The highest BCUT2D eigenvalue weighted by atomic mass is 32.2. The standard InChI is InChI=1S/C23H15F13O2S2/c24-18(25,19(26,27)20(28,29)21(30,31)22(32,33)23(34,35)36)11-12-38-16(37)15(13-7-3-1-4-8-13)40-17(39)14-9-5-2-6-10-14/h1-10,15H,11-12H2. The molecule has 0 radical (unpaired) electrons. The van der Waals surface area contributed by atoms with E-state index >= 15 is 0 Å². The van der Waals surface area contributed by atoms with Crippen LogP contribution in [0.5, 0.6) is 0 Å². The number of hydrogen-bond donors (Lipinski definition) is 0. The second-order valence-electron chi connectivity index (χ2n) is 7.98. The van der Waals surface area contributed by atoms with Crippen LogP contribution in [0.3, 0.4) is 0 Å². The van der Waals surface area contributed by atoms with Crippen LogP contribution in [0.1, 0.15) is 22.8 Å². The summed E-state index contributed by atoms with van der Waals surface area (Å²) < 4.78 is 177. The van der Waals surface area contributed by atoms with E-state index in [2.05, 4.69) is 4.74 Å². The molecule has 0 saturated heterocycles. The van der Waals surface area contributed by atoms with E-state index in [1.165, 1.54) is 30.3 Å². The zero-order valence-electron chi connectivity index (χ0n) is 19.3. The second-order valence-corrected chi connectivity index (χ2v) is 9.76. The Labute approximate surface area is 226 Å². The quantitative estimate of drug-likeness (QED) is 0.141. The Morgan fingerprint density at radius 1 is 0.700 bits per heavy atom. The molecular weight excluding hydrogens is 619 g/mol. The van der Waals surface area contributed by atoms with Crippen molar-refractivity contribution in [3.63, 3.8) is 0 Å². The van der Waals surface area contributed by atoms with Crippen molar-refractivity contribution in [2.75, 3.05) is 6.61 Å². The van der Waals surface area contributed by atoms with Gasteiger partial charge >= 0.3 is 41.8 Å². The van der Waals surface area contributed by atoms with E-state index in [1.807, 2.05) is 0 Å². The van der Waals surface area contributed by atoms with Gasteiger partial charge in [-0.2, -0.15) is 57.1 Å².